The van der Waals surface area contributed by atoms with E-state index >= 15 is 0 Å². The number of allylic oxidation sites excluding steroid dienone is 4. The molecule has 0 spiro atoms. The molecule has 0 aromatic rings. The fraction of sp³-hybridized carbons (Fsp3) is 0.600. The fourth-order valence-electron chi connectivity index (χ4n) is 3.47. The monoisotopic (exact) mass is 232 g/mol. The normalized spacial score (nSPS) is 35.4. The van der Waals surface area contributed by atoms with E-state index in [2.05, 4.69) is 20.8 Å². The number of carbonyl (C=O) groups excluding carboxylic acids is 2. The molecule has 17 heavy (non-hydrogen) atoms. The third-order valence-electron chi connectivity index (χ3n) is 4.23. The van der Waals surface area contributed by atoms with Gasteiger partial charge in [-0.1, -0.05) is 32.9 Å². The van der Waals surface area contributed by atoms with Crippen LogP contribution in [0.2, 0.25) is 0 Å². The summed E-state index contributed by atoms with van der Waals surface area (Å²) >= 11 is 0. The zero-order valence-corrected chi connectivity index (χ0v) is 10.8. The number of hydrogen-bond donors (Lipinski definition) is 0. The van der Waals surface area contributed by atoms with Gasteiger partial charge in [-0.05, 0) is 36.0 Å². The predicted octanol–water partition coefficient (Wildman–Crippen LogP) is 2.94. The van der Waals surface area contributed by atoms with Crippen LogP contribution in [0.4, 0.5) is 0 Å². The number of aldehydes is 2. The first-order chi connectivity index (χ1) is 7.96. The van der Waals surface area contributed by atoms with Gasteiger partial charge >= 0.3 is 0 Å². The Morgan fingerprint density at radius 1 is 1.12 bits per heavy atom. The molecule has 0 N–H and O–H groups in total. The van der Waals surface area contributed by atoms with E-state index in [4.69, 9.17) is 0 Å². The molecule has 0 saturated heterocycles. The Kier molecular flexibility index (Phi) is 3.07. The third-order valence-corrected chi connectivity index (χ3v) is 4.23. The topological polar surface area (TPSA) is 34.1 Å². The molecule has 0 heterocycles. The molecule has 2 rings (SSSR count). The lowest BCUT2D eigenvalue weighted by atomic mass is 9.84. The van der Waals surface area contributed by atoms with E-state index in [-0.39, 0.29) is 0 Å². The van der Waals surface area contributed by atoms with Crippen molar-refractivity contribution in [2.45, 2.75) is 33.6 Å². The van der Waals surface area contributed by atoms with Crippen LogP contribution in [0, 0.1) is 23.2 Å². The van der Waals surface area contributed by atoms with E-state index in [1.54, 1.807) is 0 Å². The summed E-state index contributed by atoms with van der Waals surface area (Å²) in [7, 11) is 0. The highest BCUT2D eigenvalue weighted by Crippen LogP contribution is 2.50. The average molecular weight is 232 g/mol. The Balaban J connectivity index is 2.39. The molecule has 1 fully saturated rings. The van der Waals surface area contributed by atoms with Gasteiger partial charge in [0.15, 0.2) is 0 Å². The van der Waals surface area contributed by atoms with Crippen molar-refractivity contribution in [1.82, 2.24) is 0 Å². The molecule has 0 amide bonds. The van der Waals surface area contributed by atoms with Crippen molar-refractivity contribution in [3.63, 3.8) is 0 Å². The molecule has 92 valence electrons. The molecule has 2 aliphatic carbocycles. The maximum absolute atomic E-state index is 11.1. The van der Waals surface area contributed by atoms with Gasteiger partial charge in [-0.15, -0.1) is 0 Å². The Morgan fingerprint density at radius 2 is 1.71 bits per heavy atom. The zero-order valence-electron chi connectivity index (χ0n) is 10.8. The summed E-state index contributed by atoms with van der Waals surface area (Å²) in [6.45, 7) is 6.73. The van der Waals surface area contributed by atoms with E-state index in [0.29, 0.717) is 34.3 Å². The Hall–Kier alpha value is -1.18. The molecule has 0 unspecified atom stereocenters. The highest BCUT2D eigenvalue weighted by molar-refractivity contribution is 5.94. The van der Waals surface area contributed by atoms with Crippen LogP contribution in [0.1, 0.15) is 33.6 Å². The quantitative estimate of drug-likeness (QED) is 0.686. The smallest absolute Gasteiger partial charge is 0.150 e. The summed E-state index contributed by atoms with van der Waals surface area (Å²) in [5.41, 5.74) is 1.50. The van der Waals surface area contributed by atoms with E-state index in [9.17, 15) is 9.59 Å². The molecule has 2 nitrogen and oxygen atoms in total. The highest BCUT2D eigenvalue weighted by atomic mass is 16.1. The summed E-state index contributed by atoms with van der Waals surface area (Å²) in [6, 6.07) is 0. The molecule has 0 bridgehead atoms. The second-order valence-corrected chi connectivity index (χ2v) is 6.24. The van der Waals surface area contributed by atoms with Gasteiger partial charge < -0.3 is 0 Å². The van der Waals surface area contributed by atoms with Crippen LogP contribution in [-0.4, -0.2) is 12.6 Å². The Morgan fingerprint density at radius 3 is 2.29 bits per heavy atom. The van der Waals surface area contributed by atoms with Gasteiger partial charge in [0.25, 0.3) is 0 Å². The van der Waals surface area contributed by atoms with Crippen molar-refractivity contribution < 1.29 is 9.59 Å². The number of hydrogen-bond acceptors (Lipinski definition) is 2. The van der Waals surface area contributed by atoms with Crippen molar-refractivity contribution in [2.75, 3.05) is 0 Å². The van der Waals surface area contributed by atoms with Gasteiger partial charge in [0.05, 0.1) is 0 Å². The lowest BCUT2D eigenvalue weighted by Crippen LogP contribution is -2.13. The first-order valence-electron chi connectivity index (χ1n) is 6.31. The third kappa shape index (κ3) is 2.26. The summed E-state index contributed by atoms with van der Waals surface area (Å²) in [5.74, 6) is 1.38. The van der Waals surface area contributed by atoms with Crippen LogP contribution in [0.25, 0.3) is 0 Å². The maximum Gasteiger partial charge on any atom is 0.150 e. The van der Waals surface area contributed by atoms with Gasteiger partial charge in [-0.25, -0.2) is 0 Å². The molecule has 0 aliphatic heterocycles. The SMILES string of the molecule is C[C@@H]1C=C(C=O)C(C=O)=C[C@H]2CC(C)(C)C[C@H]12. The number of fused-ring (bicyclic) bond motifs is 1. The van der Waals surface area contributed by atoms with Crippen molar-refractivity contribution in [3.05, 3.63) is 23.3 Å². The molecular formula is C15H20O2. The molecule has 2 aliphatic rings. The number of carbonyl (C=O) groups is 2. The lowest BCUT2D eigenvalue weighted by molar-refractivity contribution is -0.107. The fourth-order valence-corrected chi connectivity index (χ4v) is 3.47. The average Bonchev–Trinajstić information content (AvgIpc) is 2.52. The van der Waals surface area contributed by atoms with Gasteiger partial charge in [0.1, 0.15) is 12.6 Å². The lowest BCUT2D eigenvalue weighted by Gasteiger charge is -2.20. The summed E-state index contributed by atoms with van der Waals surface area (Å²) in [6.07, 6.45) is 7.91. The minimum atomic E-state index is 0.348. The predicted molar refractivity (Wildman–Crippen MR) is 67.5 cm³/mol. The summed E-state index contributed by atoms with van der Waals surface area (Å²) < 4.78 is 0. The van der Waals surface area contributed by atoms with Crippen LogP contribution < -0.4 is 0 Å². The summed E-state index contributed by atoms with van der Waals surface area (Å²) in [5, 5.41) is 0. The van der Waals surface area contributed by atoms with E-state index < -0.39 is 0 Å². The largest absolute Gasteiger partial charge is 0.298 e. The molecule has 0 radical (unpaired) electrons. The van der Waals surface area contributed by atoms with Crippen LogP contribution in [0.3, 0.4) is 0 Å². The van der Waals surface area contributed by atoms with E-state index in [0.717, 1.165) is 19.0 Å². The standard InChI is InChI=1S/C15H20O2/c1-10-4-12(8-16)13(9-17)5-11-6-15(2,3)7-14(10)11/h4-5,8-11,14H,6-7H2,1-3H3/t10-,11+,14-/m1/s1. The maximum atomic E-state index is 11.1. The Labute approximate surface area is 103 Å². The number of rotatable bonds is 2. The van der Waals surface area contributed by atoms with Crippen molar-refractivity contribution in [1.29, 1.82) is 0 Å². The van der Waals surface area contributed by atoms with Gasteiger partial charge in [0.2, 0.25) is 0 Å². The molecular weight excluding hydrogens is 212 g/mol. The zero-order chi connectivity index (χ0) is 12.6. The van der Waals surface area contributed by atoms with E-state index in [1.807, 2.05) is 12.2 Å². The van der Waals surface area contributed by atoms with E-state index in [1.165, 1.54) is 6.42 Å². The summed E-state index contributed by atoms with van der Waals surface area (Å²) in [4.78, 5) is 22.1. The van der Waals surface area contributed by atoms with Crippen molar-refractivity contribution >= 4 is 12.6 Å². The minimum absolute atomic E-state index is 0.348. The van der Waals surface area contributed by atoms with Crippen LogP contribution >= 0.6 is 0 Å². The van der Waals surface area contributed by atoms with Gasteiger partial charge in [0, 0.05) is 11.1 Å². The first-order valence-corrected chi connectivity index (χ1v) is 6.31. The minimum Gasteiger partial charge on any atom is -0.298 e. The van der Waals surface area contributed by atoms with Crippen LogP contribution in [0.15, 0.2) is 23.3 Å². The van der Waals surface area contributed by atoms with Gasteiger partial charge in [-0.2, -0.15) is 0 Å². The van der Waals surface area contributed by atoms with Crippen LogP contribution in [-0.2, 0) is 9.59 Å². The first kappa shape index (κ1) is 12.3. The highest BCUT2D eigenvalue weighted by Gasteiger charge is 2.41. The molecule has 0 aromatic carbocycles. The Bertz CT molecular complexity index is 401. The molecule has 0 aromatic heterocycles. The van der Waals surface area contributed by atoms with Crippen molar-refractivity contribution in [3.8, 4) is 0 Å². The molecule has 3 atom stereocenters. The molecule has 2 heteroatoms. The molecule has 1 saturated carbocycles. The van der Waals surface area contributed by atoms with Gasteiger partial charge in [-0.3, -0.25) is 9.59 Å². The van der Waals surface area contributed by atoms with Crippen LogP contribution in [0.5, 0.6) is 0 Å². The second-order valence-electron chi connectivity index (χ2n) is 6.24. The van der Waals surface area contributed by atoms with Crippen molar-refractivity contribution in [2.24, 2.45) is 23.2 Å². The second kappa shape index (κ2) is 4.25.